The number of unbranched alkanes of at least 4 members (excludes halogenated alkanes) is 5. The molecule has 3 nitrogen and oxygen atoms in total. The average molecular weight is 473 g/mol. The van der Waals surface area contributed by atoms with E-state index in [4.69, 9.17) is 4.74 Å². The lowest BCUT2D eigenvalue weighted by Gasteiger charge is -2.23. The quantitative estimate of drug-likeness (QED) is 0.226. The number of benzene rings is 2. The molecule has 0 heterocycles. The summed E-state index contributed by atoms with van der Waals surface area (Å²) >= 11 is 0. The van der Waals surface area contributed by atoms with E-state index in [1.165, 1.54) is 44.9 Å². The minimum absolute atomic E-state index is 0.195. The van der Waals surface area contributed by atoms with E-state index in [1.807, 2.05) is 18.2 Å². The molecule has 0 bridgehead atoms. The Morgan fingerprint density at radius 1 is 0.824 bits per heavy atom. The van der Waals surface area contributed by atoms with Gasteiger partial charge in [0.15, 0.2) is 0 Å². The number of halogens is 1. The molecule has 0 aliphatic heterocycles. The van der Waals surface area contributed by atoms with Crippen molar-refractivity contribution < 1.29 is 19.3 Å². The summed E-state index contributed by atoms with van der Waals surface area (Å²) in [7, 11) is 0. The van der Waals surface area contributed by atoms with Crippen LogP contribution in [0.1, 0.15) is 102 Å². The van der Waals surface area contributed by atoms with Gasteiger partial charge < -0.3 is 14.9 Å². The second-order valence-corrected chi connectivity index (χ2v) is 10.5. The van der Waals surface area contributed by atoms with Gasteiger partial charge in [0.05, 0.1) is 13.3 Å². The third kappa shape index (κ3) is 10.8. The maximum absolute atomic E-state index is 12.4. The minimum atomic E-state index is -0.195. The molecule has 0 aliphatic rings. The number of hydrogen-bond acceptors (Lipinski definition) is 3. The molecule has 2 aromatic carbocycles. The van der Waals surface area contributed by atoms with Crippen LogP contribution in [0.15, 0.2) is 42.5 Å². The highest BCUT2D eigenvalue weighted by atomic mass is 19.1. The molecular formula is C30H45FO3. The lowest BCUT2D eigenvalue weighted by molar-refractivity contribution is 0.272. The Bertz CT molecular complexity index is 816. The second-order valence-electron chi connectivity index (χ2n) is 10.5. The fourth-order valence-corrected chi connectivity index (χ4v) is 4.58. The van der Waals surface area contributed by atoms with Crippen LogP contribution in [-0.4, -0.2) is 23.5 Å². The molecule has 0 amide bonds. The van der Waals surface area contributed by atoms with Crippen LogP contribution in [-0.2, 0) is 6.42 Å². The van der Waals surface area contributed by atoms with Gasteiger partial charge in [0.2, 0.25) is 0 Å². The highest BCUT2D eigenvalue weighted by molar-refractivity contribution is 5.42. The van der Waals surface area contributed by atoms with Crippen molar-refractivity contribution in [2.75, 3.05) is 13.3 Å². The van der Waals surface area contributed by atoms with Gasteiger partial charge in [-0.1, -0.05) is 77.5 Å². The van der Waals surface area contributed by atoms with E-state index >= 15 is 0 Å². The lowest BCUT2D eigenvalue weighted by Crippen LogP contribution is -2.11. The first-order valence-electron chi connectivity index (χ1n) is 13.1. The zero-order valence-electron chi connectivity index (χ0n) is 21.5. The topological polar surface area (TPSA) is 49.7 Å². The van der Waals surface area contributed by atoms with E-state index in [0.717, 1.165) is 36.1 Å². The Kier molecular flexibility index (Phi) is 12.3. The van der Waals surface area contributed by atoms with Gasteiger partial charge in [0.25, 0.3) is 0 Å². The third-order valence-electron chi connectivity index (χ3n) is 6.84. The monoisotopic (exact) mass is 472 g/mol. The molecule has 0 spiro atoms. The van der Waals surface area contributed by atoms with E-state index in [0.29, 0.717) is 18.9 Å². The molecule has 1 atom stereocenters. The Hall–Kier alpha value is -2.23. The van der Waals surface area contributed by atoms with Gasteiger partial charge in [0.1, 0.15) is 17.2 Å². The summed E-state index contributed by atoms with van der Waals surface area (Å²) < 4.78 is 18.4. The van der Waals surface area contributed by atoms with Crippen LogP contribution in [0.5, 0.6) is 17.2 Å². The molecule has 0 saturated heterocycles. The standard InChI is InChI=1S/C30H45FO3/c1-24(11-8-6-4-5-7-9-19-30(2,3)20-10-21-31)28-17-16-27(33)23-29(28)34-22-18-25-12-14-26(32)15-13-25/h12-17,23-24,32-33H,4-11,18-22H2,1-3H3. The lowest BCUT2D eigenvalue weighted by atomic mass is 9.82. The summed E-state index contributed by atoms with van der Waals surface area (Å²) in [6.45, 7) is 7.09. The highest BCUT2D eigenvalue weighted by Gasteiger charge is 2.16. The molecule has 2 rings (SSSR count). The number of ether oxygens (including phenoxy) is 1. The van der Waals surface area contributed by atoms with Crippen molar-refractivity contribution in [3.63, 3.8) is 0 Å². The molecule has 0 saturated carbocycles. The number of phenolic OH excluding ortho intramolecular Hbond substituents is 2. The van der Waals surface area contributed by atoms with Gasteiger partial charge in [-0.2, -0.15) is 0 Å². The van der Waals surface area contributed by atoms with Crippen molar-refractivity contribution in [1.29, 1.82) is 0 Å². The Morgan fingerprint density at radius 2 is 1.44 bits per heavy atom. The third-order valence-corrected chi connectivity index (χ3v) is 6.84. The molecule has 0 fully saturated rings. The maximum Gasteiger partial charge on any atom is 0.126 e. The van der Waals surface area contributed by atoms with E-state index in [2.05, 4.69) is 20.8 Å². The fraction of sp³-hybridized carbons (Fsp3) is 0.600. The first-order valence-corrected chi connectivity index (χ1v) is 13.1. The second kappa shape index (κ2) is 14.9. The molecule has 0 aromatic heterocycles. The van der Waals surface area contributed by atoms with Crippen LogP contribution in [0.2, 0.25) is 0 Å². The largest absolute Gasteiger partial charge is 0.508 e. The van der Waals surface area contributed by atoms with Crippen LogP contribution >= 0.6 is 0 Å². The fourth-order valence-electron chi connectivity index (χ4n) is 4.58. The summed E-state index contributed by atoms with van der Waals surface area (Å²) in [4.78, 5) is 0. The molecule has 34 heavy (non-hydrogen) atoms. The first kappa shape index (κ1) is 28.0. The smallest absolute Gasteiger partial charge is 0.126 e. The summed E-state index contributed by atoms with van der Waals surface area (Å²) in [5.74, 6) is 1.63. The van der Waals surface area contributed by atoms with E-state index < -0.39 is 0 Å². The molecule has 190 valence electrons. The molecular weight excluding hydrogens is 427 g/mol. The van der Waals surface area contributed by atoms with Gasteiger partial charge in [-0.05, 0) is 66.3 Å². The van der Waals surface area contributed by atoms with Crippen molar-refractivity contribution in [1.82, 2.24) is 0 Å². The van der Waals surface area contributed by atoms with Crippen LogP contribution in [0.25, 0.3) is 0 Å². The van der Waals surface area contributed by atoms with Gasteiger partial charge in [-0.25, -0.2) is 0 Å². The van der Waals surface area contributed by atoms with Crippen molar-refractivity contribution in [2.45, 2.75) is 97.3 Å². The predicted octanol–water partition coefficient (Wildman–Crippen LogP) is 8.72. The number of rotatable bonds is 17. The summed E-state index contributed by atoms with van der Waals surface area (Å²) in [5, 5.41) is 19.4. The van der Waals surface area contributed by atoms with Gasteiger partial charge in [-0.15, -0.1) is 0 Å². The minimum Gasteiger partial charge on any atom is -0.508 e. The highest BCUT2D eigenvalue weighted by Crippen LogP contribution is 2.33. The first-order chi connectivity index (χ1) is 16.3. The predicted molar refractivity (Wildman–Crippen MR) is 140 cm³/mol. The van der Waals surface area contributed by atoms with Crippen molar-refractivity contribution in [3.05, 3.63) is 53.6 Å². The van der Waals surface area contributed by atoms with E-state index in [-0.39, 0.29) is 23.6 Å². The molecule has 2 aromatic rings. The normalized spacial score (nSPS) is 12.6. The van der Waals surface area contributed by atoms with Crippen molar-refractivity contribution in [3.8, 4) is 17.2 Å². The molecule has 1 unspecified atom stereocenters. The zero-order chi connectivity index (χ0) is 24.8. The van der Waals surface area contributed by atoms with Crippen LogP contribution < -0.4 is 4.74 Å². The molecule has 4 heteroatoms. The summed E-state index contributed by atoms with van der Waals surface area (Å²) in [5.41, 5.74) is 2.53. The van der Waals surface area contributed by atoms with Gasteiger partial charge in [0, 0.05) is 12.5 Å². The number of hydrogen-bond donors (Lipinski definition) is 2. The number of alkyl halides is 1. The van der Waals surface area contributed by atoms with Crippen LogP contribution in [0, 0.1) is 5.41 Å². The van der Waals surface area contributed by atoms with Crippen LogP contribution in [0.4, 0.5) is 4.39 Å². The SMILES string of the molecule is CC(CCCCCCCCC(C)(C)CCCF)c1ccc(O)cc1OCCc1ccc(O)cc1. The van der Waals surface area contributed by atoms with Gasteiger partial charge >= 0.3 is 0 Å². The summed E-state index contributed by atoms with van der Waals surface area (Å²) in [6, 6.07) is 12.6. The van der Waals surface area contributed by atoms with Crippen molar-refractivity contribution >= 4 is 0 Å². The van der Waals surface area contributed by atoms with Crippen LogP contribution in [0.3, 0.4) is 0 Å². The molecule has 0 radical (unpaired) electrons. The Labute approximate surface area is 206 Å². The Morgan fingerprint density at radius 3 is 2.15 bits per heavy atom. The molecule has 0 aliphatic carbocycles. The van der Waals surface area contributed by atoms with Gasteiger partial charge in [-0.3, -0.25) is 4.39 Å². The number of aromatic hydroxyl groups is 2. The molecule has 2 N–H and O–H groups in total. The van der Waals surface area contributed by atoms with E-state index in [9.17, 15) is 14.6 Å². The number of phenols is 2. The Balaban J connectivity index is 1.68. The summed E-state index contributed by atoms with van der Waals surface area (Å²) in [6.07, 6.45) is 12.2. The average Bonchev–Trinajstić information content (AvgIpc) is 2.80. The van der Waals surface area contributed by atoms with Crippen molar-refractivity contribution in [2.24, 2.45) is 5.41 Å². The van der Waals surface area contributed by atoms with E-state index in [1.54, 1.807) is 24.3 Å². The zero-order valence-corrected chi connectivity index (χ0v) is 21.5. The maximum atomic E-state index is 12.4.